The Bertz CT molecular complexity index is 1130. The Hall–Kier alpha value is -3.59. The molecule has 2 fully saturated rings. The van der Waals surface area contributed by atoms with Gasteiger partial charge in [0.2, 0.25) is 11.8 Å². The number of hydrogen-bond donors (Lipinski definition) is 3. The standard InChI is InChI=1S/C25H28N2O7/c1-13(2)12-25(24(31)32)19-18(20(26-25)16-6-5-7-17(34-4)21(16)28)22(29)27(23(19)30)14-8-10-15(33-3)11-9-14/h5-11,13,18-20,26,28H,12H2,1-4H3,(H,31,32)/t18-,19+,20-,25-/m0/s1. The van der Waals surface area contributed by atoms with E-state index in [-0.39, 0.29) is 23.8 Å². The number of methoxy groups -OCH3 is 2. The number of aromatic hydroxyl groups is 1. The Kier molecular flexibility index (Phi) is 5.99. The molecule has 2 aromatic rings. The SMILES string of the molecule is COc1ccc(N2C(=O)[C@@H]3[C@H](c4cccc(OC)c4O)N[C@](CC(C)C)(C(=O)O)[C@H]3C2=O)cc1. The molecule has 2 aromatic carbocycles. The van der Waals surface area contributed by atoms with Crippen LogP contribution in [0.2, 0.25) is 0 Å². The van der Waals surface area contributed by atoms with Crippen molar-refractivity contribution in [1.29, 1.82) is 0 Å². The fourth-order valence-corrected chi connectivity index (χ4v) is 5.33. The van der Waals surface area contributed by atoms with E-state index in [1.54, 1.807) is 42.5 Å². The van der Waals surface area contributed by atoms with Crippen LogP contribution in [0.3, 0.4) is 0 Å². The molecule has 4 rings (SSSR count). The van der Waals surface area contributed by atoms with Gasteiger partial charge in [-0.1, -0.05) is 26.0 Å². The zero-order valence-electron chi connectivity index (χ0n) is 19.4. The number of ether oxygens (including phenoxy) is 2. The number of carboxylic acid groups (broad SMARTS) is 1. The lowest BCUT2D eigenvalue weighted by Crippen LogP contribution is -2.56. The molecule has 2 saturated heterocycles. The molecule has 9 nitrogen and oxygen atoms in total. The van der Waals surface area contributed by atoms with E-state index >= 15 is 0 Å². The van der Waals surface area contributed by atoms with Crippen LogP contribution in [0, 0.1) is 17.8 Å². The average Bonchev–Trinajstić information content (AvgIpc) is 3.28. The molecular formula is C25H28N2O7. The third kappa shape index (κ3) is 3.47. The minimum Gasteiger partial charge on any atom is -0.504 e. The fraction of sp³-hybridized carbons (Fsp3) is 0.400. The quantitative estimate of drug-likeness (QED) is 0.530. The van der Waals surface area contributed by atoms with Gasteiger partial charge >= 0.3 is 5.97 Å². The first kappa shape index (κ1) is 23.6. The first-order valence-corrected chi connectivity index (χ1v) is 11.0. The summed E-state index contributed by atoms with van der Waals surface area (Å²) in [5.74, 6) is -4.03. The number of amides is 2. The number of para-hydroxylation sites is 1. The maximum absolute atomic E-state index is 13.7. The molecule has 0 aromatic heterocycles. The number of nitrogens with zero attached hydrogens (tertiary/aromatic N) is 1. The topological polar surface area (TPSA) is 125 Å². The van der Waals surface area contributed by atoms with Crippen LogP contribution in [0.4, 0.5) is 5.69 Å². The lowest BCUT2D eigenvalue weighted by Gasteiger charge is -2.32. The van der Waals surface area contributed by atoms with Crippen LogP contribution in [-0.2, 0) is 14.4 Å². The Balaban J connectivity index is 1.88. The summed E-state index contributed by atoms with van der Waals surface area (Å²) >= 11 is 0. The van der Waals surface area contributed by atoms with Crippen molar-refractivity contribution < 1.29 is 34.1 Å². The van der Waals surface area contributed by atoms with E-state index in [0.717, 1.165) is 4.90 Å². The molecule has 34 heavy (non-hydrogen) atoms. The molecular weight excluding hydrogens is 440 g/mol. The van der Waals surface area contributed by atoms with Gasteiger partial charge in [-0.25, -0.2) is 4.90 Å². The summed E-state index contributed by atoms with van der Waals surface area (Å²) in [5.41, 5.74) is -1.05. The van der Waals surface area contributed by atoms with Crippen LogP contribution in [0.1, 0.15) is 31.9 Å². The molecule has 0 saturated carbocycles. The summed E-state index contributed by atoms with van der Waals surface area (Å²) in [7, 11) is 2.91. The number of rotatable bonds is 7. The molecule has 2 aliphatic heterocycles. The molecule has 180 valence electrons. The second-order valence-corrected chi connectivity index (χ2v) is 9.11. The van der Waals surface area contributed by atoms with Crippen molar-refractivity contribution in [1.82, 2.24) is 5.32 Å². The summed E-state index contributed by atoms with van der Waals surface area (Å²) in [4.78, 5) is 41.2. The maximum Gasteiger partial charge on any atom is 0.324 e. The van der Waals surface area contributed by atoms with Gasteiger partial charge in [0.25, 0.3) is 0 Å². The second kappa shape index (κ2) is 8.64. The molecule has 0 spiro atoms. The molecule has 2 amide bonds. The number of carbonyl (C=O) groups is 3. The predicted octanol–water partition coefficient (Wildman–Crippen LogP) is 2.73. The molecule has 0 bridgehead atoms. The Morgan fingerprint density at radius 3 is 2.32 bits per heavy atom. The smallest absolute Gasteiger partial charge is 0.324 e. The van der Waals surface area contributed by atoms with Gasteiger partial charge < -0.3 is 19.7 Å². The van der Waals surface area contributed by atoms with Crippen LogP contribution >= 0.6 is 0 Å². The summed E-state index contributed by atoms with van der Waals surface area (Å²) in [6.45, 7) is 3.72. The molecule has 4 atom stereocenters. The third-order valence-electron chi connectivity index (χ3n) is 6.68. The van der Waals surface area contributed by atoms with Crippen LogP contribution in [0.25, 0.3) is 0 Å². The molecule has 2 heterocycles. The van der Waals surface area contributed by atoms with Crippen molar-refractivity contribution in [3.05, 3.63) is 48.0 Å². The Labute approximate surface area is 197 Å². The highest BCUT2D eigenvalue weighted by molar-refractivity contribution is 6.24. The summed E-state index contributed by atoms with van der Waals surface area (Å²) in [5, 5.41) is 24.3. The zero-order valence-corrected chi connectivity index (χ0v) is 19.4. The van der Waals surface area contributed by atoms with Gasteiger partial charge in [0.1, 0.15) is 11.3 Å². The van der Waals surface area contributed by atoms with Crippen molar-refractivity contribution >= 4 is 23.5 Å². The van der Waals surface area contributed by atoms with Crippen molar-refractivity contribution in [2.45, 2.75) is 31.8 Å². The van der Waals surface area contributed by atoms with Crippen LogP contribution in [-0.4, -0.2) is 47.8 Å². The van der Waals surface area contributed by atoms with Crippen LogP contribution in [0.5, 0.6) is 17.2 Å². The van der Waals surface area contributed by atoms with Gasteiger partial charge in [0.05, 0.1) is 31.7 Å². The van der Waals surface area contributed by atoms with E-state index in [9.17, 15) is 24.6 Å². The lowest BCUT2D eigenvalue weighted by atomic mass is 9.75. The van der Waals surface area contributed by atoms with Crippen molar-refractivity contribution in [3.8, 4) is 17.2 Å². The molecule has 0 aliphatic carbocycles. The number of carboxylic acids is 1. The number of nitrogens with one attached hydrogen (secondary N) is 1. The second-order valence-electron chi connectivity index (χ2n) is 9.11. The normalized spacial score (nSPS) is 26.1. The molecule has 2 aliphatic rings. The molecule has 9 heteroatoms. The third-order valence-corrected chi connectivity index (χ3v) is 6.68. The number of hydrogen-bond acceptors (Lipinski definition) is 7. The van der Waals surface area contributed by atoms with E-state index in [1.165, 1.54) is 14.2 Å². The number of phenols is 1. The average molecular weight is 469 g/mol. The zero-order chi connectivity index (χ0) is 24.8. The fourth-order valence-electron chi connectivity index (χ4n) is 5.33. The highest BCUT2D eigenvalue weighted by Gasteiger charge is 2.69. The van der Waals surface area contributed by atoms with E-state index < -0.39 is 41.2 Å². The predicted molar refractivity (Wildman–Crippen MR) is 123 cm³/mol. The van der Waals surface area contributed by atoms with Crippen LogP contribution in [0.15, 0.2) is 42.5 Å². The van der Waals surface area contributed by atoms with Gasteiger partial charge in [-0.05, 0) is 42.7 Å². The number of aliphatic carboxylic acids is 1. The first-order valence-electron chi connectivity index (χ1n) is 11.0. The lowest BCUT2D eigenvalue weighted by molar-refractivity contribution is -0.149. The molecule has 3 N–H and O–H groups in total. The van der Waals surface area contributed by atoms with Crippen molar-refractivity contribution in [2.75, 3.05) is 19.1 Å². The summed E-state index contributed by atoms with van der Waals surface area (Å²) in [6, 6.07) is 10.4. The number of imide groups is 1. The van der Waals surface area contributed by atoms with Gasteiger partial charge in [0.15, 0.2) is 11.5 Å². The molecule has 0 unspecified atom stereocenters. The minimum absolute atomic E-state index is 0.0835. The maximum atomic E-state index is 13.7. The first-order chi connectivity index (χ1) is 16.2. The van der Waals surface area contributed by atoms with Gasteiger partial charge in [-0.2, -0.15) is 0 Å². The van der Waals surface area contributed by atoms with Gasteiger partial charge in [-0.15, -0.1) is 0 Å². The van der Waals surface area contributed by atoms with Crippen molar-refractivity contribution in [3.63, 3.8) is 0 Å². The van der Waals surface area contributed by atoms with E-state index in [0.29, 0.717) is 17.0 Å². The highest BCUT2D eigenvalue weighted by Crippen LogP contribution is 2.53. The number of fused-ring (bicyclic) bond motifs is 1. The monoisotopic (exact) mass is 468 g/mol. The van der Waals surface area contributed by atoms with E-state index in [1.807, 2.05) is 13.8 Å². The van der Waals surface area contributed by atoms with Gasteiger partial charge in [0, 0.05) is 11.6 Å². The summed E-state index contributed by atoms with van der Waals surface area (Å²) in [6.07, 6.45) is 0.125. The minimum atomic E-state index is -1.69. The number of carbonyl (C=O) groups excluding carboxylic acids is 2. The Morgan fingerprint density at radius 1 is 1.09 bits per heavy atom. The number of benzene rings is 2. The van der Waals surface area contributed by atoms with Crippen molar-refractivity contribution in [2.24, 2.45) is 17.8 Å². The Morgan fingerprint density at radius 2 is 1.76 bits per heavy atom. The number of phenolic OH excluding ortho intramolecular Hbond substituents is 1. The van der Waals surface area contributed by atoms with E-state index in [2.05, 4.69) is 5.32 Å². The largest absolute Gasteiger partial charge is 0.504 e. The molecule has 0 radical (unpaired) electrons. The van der Waals surface area contributed by atoms with Gasteiger partial charge in [-0.3, -0.25) is 19.7 Å². The highest BCUT2D eigenvalue weighted by atomic mass is 16.5. The summed E-state index contributed by atoms with van der Waals surface area (Å²) < 4.78 is 10.4. The number of anilines is 1. The van der Waals surface area contributed by atoms with Crippen LogP contribution < -0.4 is 19.7 Å². The van der Waals surface area contributed by atoms with E-state index in [4.69, 9.17) is 9.47 Å².